The van der Waals surface area contributed by atoms with Gasteiger partial charge in [0.1, 0.15) is 5.82 Å². The van der Waals surface area contributed by atoms with Crippen LogP contribution in [0.5, 0.6) is 0 Å². The van der Waals surface area contributed by atoms with E-state index in [-0.39, 0.29) is 11.7 Å². The lowest BCUT2D eigenvalue weighted by Crippen LogP contribution is -2.03. The van der Waals surface area contributed by atoms with Crippen LogP contribution in [0.2, 0.25) is 0 Å². The molecule has 1 aromatic heterocycles. The van der Waals surface area contributed by atoms with Crippen molar-refractivity contribution in [2.24, 2.45) is 0 Å². The van der Waals surface area contributed by atoms with E-state index in [1.54, 1.807) is 23.0 Å². The van der Waals surface area contributed by atoms with Gasteiger partial charge in [0.15, 0.2) is 6.29 Å². The van der Waals surface area contributed by atoms with E-state index in [2.05, 4.69) is 5.10 Å². The van der Waals surface area contributed by atoms with Gasteiger partial charge in [0.2, 0.25) is 0 Å². The largest absolute Gasteiger partial charge is 0.381 e. The molecule has 0 N–H and O–H groups in total. The van der Waals surface area contributed by atoms with Crippen LogP contribution in [-0.2, 0) is 4.74 Å². The topological polar surface area (TPSA) is 44.1 Å². The molecule has 1 unspecified atom stereocenters. The quantitative estimate of drug-likeness (QED) is 0.795. The smallest absolute Gasteiger partial charge is 0.153 e. The standard InChI is InChI=1S/C14H13FN2O2/c15-12-2-1-3-13(6-12)17-7-11(8-18)14(16-17)10-4-5-19-9-10/h1-3,6-8,10H,4-5,9H2. The van der Waals surface area contributed by atoms with Crippen LogP contribution in [0.4, 0.5) is 4.39 Å². The predicted molar refractivity (Wildman–Crippen MR) is 67.1 cm³/mol. The number of nitrogens with zero attached hydrogens (tertiary/aromatic N) is 2. The van der Waals surface area contributed by atoms with Gasteiger partial charge in [0, 0.05) is 18.7 Å². The summed E-state index contributed by atoms with van der Waals surface area (Å²) in [6.45, 7) is 1.27. The number of ether oxygens (including phenoxy) is 1. The lowest BCUT2D eigenvalue weighted by molar-refractivity contribution is 0.112. The van der Waals surface area contributed by atoms with Crippen LogP contribution < -0.4 is 0 Å². The molecule has 5 heteroatoms. The first-order valence-electron chi connectivity index (χ1n) is 6.16. The molecule has 2 heterocycles. The first-order valence-corrected chi connectivity index (χ1v) is 6.16. The van der Waals surface area contributed by atoms with Gasteiger partial charge in [0.05, 0.1) is 23.6 Å². The molecule has 4 nitrogen and oxygen atoms in total. The molecule has 98 valence electrons. The van der Waals surface area contributed by atoms with Gasteiger partial charge in [-0.2, -0.15) is 5.10 Å². The van der Waals surface area contributed by atoms with Crippen LogP contribution in [0.25, 0.3) is 5.69 Å². The highest BCUT2D eigenvalue weighted by Crippen LogP contribution is 2.26. The molecule has 0 amide bonds. The molecule has 3 rings (SSSR count). The van der Waals surface area contributed by atoms with Gasteiger partial charge < -0.3 is 4.74 Å². The Morgan fingerprint density at radius 2 is 2.37 bits per heavy atom. The molecule has 1 aliphatic heterocycles. The van der Waals surface area contributed by atoms with E-state index in [4.69, 9.17) is 4.74 Å². The van der Waals surface area contributed by atoms with Crippen LogP contribution in [0, 0.1) is 5.82 Å². The van der Waals surface area contributed by atoms with Crippen LogP contribution >= 0.6 is 0 Å². The Bertz CT molecular complexity index is 603. The summed E-state index contributed by atoms with van der Waals surface area (Å²) in [6, 6.07) is 6.13. The fourth-order valence-electron chi connectivity index (χ4n) is 2.31. The Balaban J connectivity index is 2.01. The van der Waals surface area contributed by atoms with Crippen molar-refractivity contribution in [3.05, 3.63) is 47.5 Å². The van der Waals surface area contributed by atoms with Gasteiger partial charge in [-0.1, -0.05) is 6.07 Å². The molecule has 1 aliphatic rings. The number of carbonyl (C=O) groups excluding carboxylic acids is 1. The summed E-state index contributed by atoms with van der Waals surface area (Å²) in [5.41, 5.74) is 1.88. The van der Waals surface area contributed by atoms with Crippen molar-refractivity contribution in [3.63, 3.8) is 0 Å². The van der Waals surface area contributed by atoms with Crippen LogP contribution in [0.15, 0.2) is 30.5 Å². The Kier molecular flexibility index (Phi) is 3.13. The molecule has 2 aromatic rings. The first-order chi connectivity index (χ1) is 9.28. The van der Waals surface area contributed by atoms with Gasteiger partial charge in [-0.25, -0.2) is 9.07 Å². The van der Waals surface area contributed by atoms with Crippen LogP contribution in [0.1, 0.15) is 28.4 Å². The maximum Gasteiger partial charge on any atom is 0.153 e. The first kappa shape index (κ1) is 12.0. The number of hydrogen-bond donors (Lipinski definition) is 0. The van der Waals surface area contributed by atoms with E-state index >= 15 is 0 Å². The SMILES string of the molecule is O=Cc1cn(-c2cccc(F)c2)nc1C1CCOC1. The minimum absolute atomic E-state index is 0.148. The lowest BCUT2D eigenvalue weighted by atomic mass is 10.0. The van der Waals surface area contributed by atoms with Crippen LogP contribution in [-0.4, -0.2) is 29.3 Å². The predicted octanol–water partition coefficient (Wildman–Crippen LogP) is 2.33. The average molecular weight is 260 g/mol. The Morgan fingerprint density at radius 3 is 3.05 bits per heavy atom. The minimum Gasteiger partial charge on any atom is -0.381 e. The number of hydrogen-bond acceptors (Lipinski definition) is 3. The number of halogens is 1. The Morgan fingerprint density at radius 1 is 1.47 bits per heavy atom. The molecule has 1 saturated heterocycles. The van der Waals surface area contributed by atoms with Crippen molar-refractivity contribution < 1.29 is 13.9 Å². The highest BCUT2D eigenvalue weighted by atomic mass is 19.1. The maximum absolute atomic E-state index is 13.2. The third-order valence-electron chi connectivity index (χ3n) is 3.29. The zero-order valence-corrected chi connectivity index (χ0v) is 10.3. The fraction of sp³-hybridized carbons (Fsp3) is 0.286. The molecule has 1 fully saturated rings. The highest BCUT2D eigenvalue weighted by molar-refractivity contribution is 5.76. The van der Waals surface area contributed by atoms with E-state index in [1.165, 1.54) is 12.1 Å². The summed E-state index contributed by atoms with van der Waals surface area (Å²) in [4.78, 5) is 11.1. The molecular formula is C14H13FN2O2. The molecule has 19 heavy (non-hydrogen) atoms. The zero-order valence-electron chi connectivity index (χ0n) is 10.3. The molecule has 0 saturated carbocycles. The van der Waals surface area contributed by atoms with Gasteiger partial charge >= 0.3 is 0 Å². The Hall–Kier alpha value is -2.01. The molecule has 0 radical (unpaired) electrons. The van der Waals surface area contributed by atoms with Gasteiger partial charge in [-0.3, -0.25) is 4.79 Å². The number of benzene rings is 1. The fourth-order valence-corrected chi connectivity index (χ4v) is 2.31. The Labute approximate surface area is 109 Å². The minimum atomic E-state index is -0.327. The van der Waals surface area contributed by atoms with E-state index in [1.807, 2.05) is 0 Å². The van der Waals surface area contributed by atoms with E-state index in [0.717, 1.165) is 18.4 Å². The summed E-state index contributed by atoms with van der Waals surface area (Å²) in [5.74, 6) is -0.179. The van der Waals surface area contributed by atoms with E-state index in [0.29, 0.717) is 24.5 Å². The van der Waals surface area contributed by atoms with E-state index in [9.17, 15) is 9.18 Å². The highest BCUT2D eigenvalue weighted by Gasteiger charge is 2.24. The molecule has 0 aliphatic carbocycles. The summed E-state index contributed by atoms with van der Waals surface area (Å²) in [6.07, 6.45) is 3.28. The molecular weight excluding hydrogens is 247 g/mol. The number of rotatable bonds is 3. The van der Waals surface area contributed by atoms with E-state index < -0.39 is 0 Å². The van der Waals surface area contributed by atoms with Crippen molar-refractivity contribution in [2.45, 2.75) is 12.3 Å². The summed E-state index contributed by atoms with van der Waals surface area (Å²) < 4.78 is 20.1. The molecule has 0 bridgehead atoms. The normalized spacial score (nSPS) is 18.7. The van der Waals surface area contributed by atoms with Crippen LogP contribution in [0.3, 0.4) is 0 Å². The average Bonchev–Trinajstić information content (AvgIpc) is 3.07. The number of aldehydes is 1. The molecule has 1 atom stereocenters. The van der Waals surface area contributed by atoms with Crippen molar-refractivity contribution in [1.29, 1.82) is 0 Å². The second kappa shape index (κ2) is 4.93. The summed E-state index contributed by atoms with van der Waals surface area (Å²) >= 11 is 0. The lowest BCUT2D eigenvalue weighted by Gasteiger charge is -2.04. The van der Waals surface area contributed by atoms with Gasteiger partial charge in [-0.05, 0) is 24.6 Å². The second-order valence-electron chi connectivity index (χ2n) is 4.57. The number of carbonyl (C=O) groups is 1. The van der Waals surface area contributed by atoms with Gasteiger partial charge in [0.25, 0.3) is 0 Å². The maximum atomic E-state index is 13.2. The van der Waals surface area contributed by atoms with Crippen molar-refractivity contribution in [2.75, 3.05) is 13.2 Å². The molecule has 1 aromatic carbocycles. The number of aromatic nitrogens is 2. The summed E-state index contributed by atoms with van der Waals surface area (Å²) in [7, 11) is 0. The van der Waals surface area contributed by atoms with Crippen molar-refractivity contribution in [1.82, 2.24) is 9.78 Å². The van der Waals surface area contributed by atoms with Gasteiger partial charge in [-0.15, -0.1) is 0 Å². The molecule has 0 spiro atoms. The third kappa shape index (κ3) is 2.29. The zero-order chi connectivity index (χ0) is 13.2. The second-order valence-corrected chi connectivity index (χ2v) is 4.57. The van der Waals surface area contributed by atoms with Crippen molar-refractivity contribution >= 4 is 6.29 Å². The third-order valence-corrected chi connectivity index (χ3v) is 3.29. The summed E-state index contributed by atoms with van der Waals surface area (Å²) in [5, 5.41) is 4.41. The monoisotopic (exact) mass is 260 g/mol. The van der Waals surface area contributed by atoms with Crippen molar-refractivity contribution in [3.8, 4) is 5.69 Å².